The highest BCUT2D eigenvalue weighted by molar-refractivity contribution is 6.32. The molecule has 2 aromatic rings. The van der Waals surface area contributed by atoms with Crippen molar-refractivity contribution in [2.45, 2.75) is 20.4 Å². The molecule has 1 aromatic carbocycles. The number of aryl methyl sites for hydroxylation is 1. The monoisotopic (exact) mass is 310 g/mol. The molecule has 5 heteroatoms. The molecule has 0 bridgehead atoms. The van der Waals surface area contributed by atoms with Crippen molar-refractivity contribution in [2.24, 2.45) is 0 Å². The van der Waals surface area contributed by atoms with Gasteiger partial charge in [-0.2, -0.15) is 0 Å². The predicted octanol–water partition coefficient (Wildman–Crippen LogP) is 4.60. The molecule has 1 aromatic heterocycles. The average Bonchev–Trinajstić information content (AvgIpc) is 2.43. The number of hydrogen-bond acceptors (Lipinski definition) is 3. The number of hydrogen-bond donors (Lipinski definition) is 1. The van der Waals surface area contributed by atoms with Gasteiger partial charge in [-0.3, -0.25) is 0 Å². The Morgan fingerprint density at radius 3 is 2.65 bits per heavy atom. The maximum atomic E-state index is 6.19. The van der Waals surface area contributed by atoms with Crippen LogP contribution in [0.25, 0.3) is 0 Å². The number of halogens is 2. The molecular formula is C15H16Cl2N2O. The second kappa shape index (κ2) is 6.93. The predicted molar refractivity (Wildman–Crippen MR) is 82.9 cm³/mol. The summed E-state index contributed by atoms with van der Waals surface area (Å²) in [6.07, 6.45) is 1.76. The Labute approximate surface area is 128 Å². The summed E-state index contributed by atoms with van der Waals surface area (Å²) in [6.45, 7) is 5.61. The van der Waals surface area contributed by atoms with Crippen LogP contribution in [0.2, 0.25) is 10.0 Å². The zero-order valence-electron chi connectivity index (χ0n) is 11.4. The van der Waals surface area contributed by atoms with Gasteiger partial charge in [-0.05, 0) is 48.9 Å². The van der Waals surface area contributed by atoms with Gasteiger partial charge in [-0.1, -0.05) is 30.1 Å². The number of nitrogens with zero attached hydrogens (tertiary/aromatic N) is 1. The first-order valence-electron chi connectivity index (χ1n) is 6.39. The van der Waals surface area contributed by atoms with Gasteiger partial charge in [0.15, 0.2) is 0 Å². The van der Waals surface area contributed by atoms with Gasteiger partial charge < -0.3 is 10.1 Å². The second-order valence-corrected chi connectivity index (χ2v) is 5.24. The van der Waals surface area contributed by atoms with E-state index in [9.17, 15) is 0 Å². The first-order valence-corrected chi connectivity index (χ1v) is 7.15. The number of ether oxygens (including phenoxy) is 1. The zero-order valence-corrected chi connectivity index (χ0v) is 12.9. The van der Waals surface area contributed by atoms with Crippen molar-refractivity contribution in [2.75, 3.05) is 6.54 Å². The van der Waals surface area contributed by atoms with E-state index < -0.39 is 0 Å². The fraction of sp³-hybridized carbons (Fsp3) is 0.267. The summed E-state index contributed by atoms with van der Waals surface area (Å²) in [4.78, 5) is 4.25. The molecule has 0 aliphatic rings. The quantitative estimate of drug-likeness (QED) is 0.876. The molecule has 0 aliphatic carbocycles. The van der Waals surface area contributed by atoms with Crippen molar-refractivity contribution < 1.29 is 4.74 Å². The van der Waals surface area contributed by atoms with Crippen LogP contribution in [0.15, 0.2) is 30.5 Å². The summed E-state index contributed by atoms with van der Waals surface area (Å²) in [7, 11) is 0. The summed E-state index contributed by atoms with van der Waals surface area (Å²) in [5, 5.41) is 4.42. The Hall–Kier alpha value is -1.29. The molecule has 2 rings (SSSR count). The standard InChI is InChI=1S/C15H16Cl2N2O/c1-3-18-8-11-7-14(17)15(19-9-11)20-12-4-5-13(16)10(2)6-12/h4-7,9,18H,3,8H2,1-2H3. The fourth-order valence-electron chi connectivity index (χ4n) is 1.70. The Kier molecular flexibility index (Phi) is 5.24. The van der Waals surface area contributed by atoms with Crippen LogP contribution in [0.4, 0.5) is 0 Å². The lowest BCUT2D eigenvalue weighted by molar-refractivity contribution is 0.462. The molecule has 0 saturated heterocycles. The number of nitrogens with one attached hydrogen (secondary N) is 1. The molecule has 0 aliphatic heterocycles. The molecule has 0 unspecified atom stereocenters. The molecule has 1 N–H and O–H groups in total. The minimum Gasteiger partial charge on any atom is -0.438 e. The number of aromatic nitrogens is 1. The van der Waals surface area contributed by atoms with Crippen LogP contribution in [-0.2, 0) is 6.54 Å². The van der Waals surface area contributed by atoms with Crippen molar-refractivity contribution in [3.05, 3.63) is 51.6 Å². The van der Waals surface area contributed by atoms with E-state index >= 15 is 0 Å². The molecule has 0 spiro atoms. The fourth-order valence-corrected chi connectivity index (χ4v) is 2.04. The zero-order chi connectivity index (χ0) is 14.5. The molecule has 0 fully saturated rings. The maximum absolute atomic E-state index is 6.19. The molecule has 0 atom stereocenters. The smallest absolute Gasteiger partial charge is 0.238 e. The van der Waals surface area contributed by atoms with Crippen LogP contribution >= 0.6 is 23.2 Å². The van der Waals surface area contributed by atoms with Gasteiger partial charge in [0.05, 0.1) is 0 Å². The summed E-state index contributed by atoms with van der Waals surface area (Å²) >= 11 is 12.2. The first-order chi connectivity index (χ1) is 9.60. The molecule has 106 valence electrons. The van der Waals surface area contributed by atoms with Crippen LogP contribution in [0.1, 0.15) is 18.1 Å². The largest absolute Gasteiger partial charge is 0.438 e. The molecule has 0 saturated carbocycles. The third-order valence-corrected chi connectivity index (χ3v) is 3.48. The van der Waals surface area contributed by atoms with Crippen molar-refractivity contribution in [3.63, 3.8) is 0 Å². The van der Waals surface area contributed by atoms with Crippen molar-refractivity contribution >= 4 is 23.2 Å². The third-order valence-electron chi connectivity index (χ3n) is 2.79. The van der Waals surface area contributed by atoms with Crippen LogP contribution in [0.5, 0.6) is 11.6 Å². The van der Waals surface area contributed by atoms with E-state index in [1.165, 1.54) is 0 Å². The SMILES string of the molecule is CCNCc1cnc(Oc2ccc(Cl)c(C)c2)c(Cl)c1. The number of rotatable bonds is 5. The van der Waals surface area contributed by atoms with Crippen molar-refractivity contribution in [3.8, 4) is 11.6 Å². The Balaban J connectivity index is 2.14. The number of benzene rings is 1. The van der Waals surface area contributed by atoms with Gasteiger partial charge in [-0.15, -0.1) is 0 Å². The summed E-state index contributed by atoms with van der Waals surface area (Å²) in [5.74, 6) is 1.06. The minimum absolute atomic E-state index is 0.397. The number of pyridine rings is 1. The Morgan fingerprint density at radius 2 is 2.00 bits per heavy atom. The second-order valence-electron chi connectivity index (χ2n) is 4.42. The normalized spacial score (nSPS) is 10.6. The topological polar surface area (TPSA) is 34.2 Å². The molecule has 3 nitrogen and oxygen atoms in total. The minimum atomic E-state index is 0.397. The maximum Gasteiger partial charge on any atom is 0.238 e. The van der Waals surface area contributed by atoms with Crippen molar-refractivity contribution in [1.82, 2.24) is 10.3 Å². The van der Waals surface area contributed by atoms with E-state index in [0.29, 0.717) is 21.7 Å². The highest BCUT2D eigenvalue weighted by Gasteiger charge is 2.07. The lowest BCUT2D eigenvalue weighted by Crippen LogP contribution is -2.11. The summed E-state index contributed by atoms with van der Waals surface area (Å²) in [5.41, 5.74) is 1.97. The van der Waals surface area contributed by atoms with Gasteiger partial charge in [-0.25, -0.2) is 4.98 Å². The van der Waals surface area contributed by atoms with Crippen LogP contribution in [-0.4, -0.2) is 11.5 Å². The van der Waals surface area contributed by atoms with Crippen molar-refractivity contribution in [1.29, 1.82) is 0 Å². The van der Waals surface area contributed by atoms with E-state index in [1.54, 1.807) is 18.3 Å². The van der Waals surface area contributed by atoms with E-state index in [0.717, 1.165) is 24.2 Å². The molecule has 20 heavy (non-hydrogen) atoms. The summed E-state index contributed by atoms with van der Waals surface area (Å²) < 4.78 is 5.68. The third kappa shape index (κ3) is 3.85. The summed E-state index contributed by atoms with van der Waals surface area (Å²) in [6, 6.07) is 7.29. The van der Waals surface area contributed by atoms with Gasteiger partial charge in [0.2, 0.25) is 5.88 Å². The molecule has 0 radical (unpaired) electrons. The molecule has 1 heterocycles. The van der Waals surface area contributed by atoms with Crippen LogP contribution in [0.3, 0.4) is 0 Å². The Bertz CT molecular complexity index is 602. The highest BCUT2D eigenvalue weighted by Crippen LogP contribution is 2.29. The van der Waals surface area contributed by atoms with Crippen LogP contribution in [0, 0.1) is 6.92 Å². The average molecular weight is 311 g/mol. The van der Waals surface area contributed by atoms with Gasteiger partial charge in [0.25, 0.3) is 0 Å². The first kappa shape index (κ1) is 15.1. The van der Waals surface area contributed by atoms with E-state index in [2.05, 4.69) is 17.2 Å². The van der Waals surface area contributed by atoms with Gasteiger partial charge in [0.1, 0.15) is 10.8 Å². The molecular weight excluding hydrogens is 295 g/mol. The van der Waals surface area contributed by atoms with E-state index in [4.69, 9.17) is 27.9 Å². The lowest BCUT2D eigenvalue weighted by Gasteiger charge is -2.09. The van der Waals surface area contributed by atoms with E-state index in [-0.39, 0.29) is 0 Å². The van der Waals surface area contributed by atoms with Gasteiger partial charge in [0, 0.05) is 17.8 Å². The van der Waals surface area contributed by atoms with E-state index in [1.807, 2.05) is 19.1 Å². The Morgan fingerprint density at radius 1 is 1.20 bits per heavy atom. The van der Waals surface area contributed by atoms with Crippen LogP contribution < -0.4 is 10.1 Å². The van der Waals surface area contributed by atoms with Gasteiger partial charge >= 0.3 is 0 Å². The highest BCUT2D eigenvalue weighted by atomic mass is 35.5. The molecule has 0 amide bonds. The lowest BCUT2D eigenvalue weighted by atomic mass is 10.2.